The largest absolute Gasteiger partial charge is 0.258 e. The van der Waals surface area contributed by atoms with E-state index in [2.05, 4.69) is 137 Å². The number of aromatic nitrogens is 3. The van der Waals surface area contributed by atoms with Gasteiger partial charge in [0, 0.05) is 39.8 Å². The third-order valence-electron chi connectivity index (χ3n) is 11.0. The summed E-state index contributed by atoms with van der Waals surface area (Å²) in [4.78, 5) is 25.2. The predicted molar refractivity (Wildman–Crippen MR) is 244 cm³/mol. The zero-order chi connectivity index (χ0) is 41.2. The first-order valence-electron chi connectivity index (χ1n) is 20.2. The van der Waals surface area contributed by atoms with Crippen molar-refractivity contribution < 1.29 is 0 Å². The summed E-state index contributed by atoms with van der Waals surface area (Å²) >= 11 is 0. The van der Waals surface area contributed by atoms with E-state index in [9.17, 15) is 5.26 Å². The van der Waals surface area contributed by atoms with Crippen molar-refractivity contribution in [1.82, 2.24) is 15.0 Å². The number of rotatable bonds is 8. The smallest absolute Gasteiger partial charge is 0.164 e. The lowest BCUT2D eigenvalue weighted by atomic mass is 9.89. The van der Waals surface area contributed by atoms with Crippen molar-refractivity contribution in [3.63, 3.8) is 0 Å². The average molecular weight is 775 g/mol. The van der Waals surface area contributed by atoms with Crippen LogP contribution in [-0.2, 0) is 0 Å². The summed E-state index contributed by atoms with van der Waals surface area (Å²) in [6.45, 7) is 8.32. The van der Waals surface area contributed by atoms with E-state index in [1.807, 2.05) is 60.7 Å². The summed E-state index contributed by atoms with van der Waals surface area (Å²) in [6.07, 6.45) is 0.661. The molecule has 0 fully saturated rings. The van der Waals surface area contributed by atoms with Gasteiger partial charge in [0.25, 0.3) is 0 Å². The number of nitriles is 1. The number of aliphatic imine (C=N–C) groups is 2. The van der Waals surface area contributed by atoms with Crippen molar-refractivity contribution >= 4 is 11.5 Å². The lowest BCUT2D eigenvalue weighted by molar-refractivity contribution is 0.754. The Kier molecular flexibility index (Phi) is 10.3. The molecule has 1 aliphatic rings. The molecule has 9 rings (SSSR count). The molecule has 1 aromatic heterocycles. The fourth-order valence-electron chi connectivity index (χ4n) is 7.60. The zero-order valence-corrected chi connectivity index (χ0v) is 34.1. The molecule has 6 nitrogen and oxygen atoms in total. The van der Waals surface area contributed by atoms with Gasteiger partial charge in [0.2, 0.25) is 0 Å². The number of amidine groups is 1. The minimum Gasteiger partial charge on any atom is -0.258 e. The third kappa shape index (κ3) is 7.94. The van der Waals surface area contributed by atoms with Gasteiger partial charge in [-0.3, -0.25) is 4.99 Å². The van der Waals surface area contributed by atoms with Crippen LogP contribution in [0.1, 0.15) is 57.0 Å². The molecule has 288 valence electrons. The summed E-state index contributed by atoms with van der Waals surface area (Å²) in [5, 5.41) is 10.8. The second-order valence-electron chi connectivity index (χ2n) is 15.5. The Morgan fingerprint density at radius 2 is 0.883 bits per heavy atom. The van der Waals surface area contributed by atoms with Crippen LogP contribution in [0.5, 0.6) is 0 Å². The number of hydrogen-bond donors (Lipinski definition) is 0. The molecule has 2 heterocycles. The van der Waals surface area contributed by atoms with Crippen LogP contribution < -0.4 is 0 Å². The first-order chi connectivity index (χ1) is 29.3. The van der Waals surface area contributed by atoms with Crippen LogP contribution in [0, 0.1) is 39.0 Å². The van der Waals surface area contributed by atoms with Gasteiger partial charge in [0.1, 0.15) is 6.07 Å². The molecule has 0 aliphatic carbocycles. The van der Waals surface area contributed by atoms with Gasteiger partial charge in [0.05, 0.1) is 17.3 Å². The Balaban J connectivity index is 1.09. The molecule has 0 amide bonds. The molecule has 0 bridgehead atoms. The van der Waals surface area contributed by atoms with Gasteiger partial charge in [-0.1, -0.05) is 174 Å². The number of hydrogen-bond acceptors (Lipinski definition) is 6. The summed E-state index contributed by atoms with van der Waals surface area (Å²) in [5.41, 5.74) is 15.7. The first-order valence-corrected chi connectivity index (χ1v) is 20.2. The quantitative estimate of drug-likeness (QED) is 0.154. The highest BCUT2D eigenvalue weighted by molar-refractivity contribution is 6.14. The van der Waals surface area contributed by atoms with Gasteiger partial charge >= 0.3 is 0 Å². The van der Waals surface area contributed by atoms with Crippen LogP contribution in [-0.4, -0.2) is 26.5 Å². The summed E-state index contributed by atoms with van der Waals surface area (Å²) in [5.74, 6) is 2.49. The van der Waals surface area contributed by atoms with Crippen LogP contribution in [0.25, 0.3) is 56.4 Å². The van der Waals surface area contributed by atoms with Gasteiger partial charge in [-0.05, 0) is 62.1 Å². The van der Waals surface area contributed by atoms with Gasteiger partial charge in [-0.15, -0.1) is 0 Å². The molecule has 6 heteroatoms. The van der Waals surface area contributed by atoms with E-state index in [0.29, 0.717) is 29.5 Å². The third-order valence-corrected chi connectivity index (χ3v) is 11.0. The van der Waals surface area contributed by atoms with Crippen molar-refractivity contribution in [2.75, 3.05) is 0 Å². The number of benzene rings is 7. The fraction of sp³-hybridized carbons (Fsp3) is 0.111. The minimum atomic E-state index is -0.157. The zero-order valence-electron chi connectivity index (χ0n) is 34.1. The van der Waals surface area contributed by atoms with Crippen LogP contribution in [0.2, 0.25) is 0 Å². The van der Waals surface area contributed by atoms with E-state index in [1.54, 1.807) is 0 Å². The Bertz CT molecular complexity index is 2910. The molecule has 60 heavy (non-hydrogen) atoms. The fourth-order valence-corrected chi connectivity index (χ4v) is 7.60. The maximum atomic E-state index is 10.8. The normalized spacial score (nSPS) is 13.6. The van der Waals surface area contributed by atoms with Crippen molar-refractivity contribution in [3.05, 3.63) is 208 Å². The molecule has 8 aromatic rings. The van der Waals surface area contributed by atoms with E-state index >= 15 is 0 Å². The molecule has 0 saturated carbocycles. The minimum absolute atomic E-state index is 0.157. The molecule has 0 radical (unpaired) electrons. The second-order valence-corrected chi connectivity index (χ2v) is 15.5. The standard InChI is InChI=1S/C54H42N6/c1-34-14-22-38(23-15-34)49-32-50(57-51(56-49)39-24-16-35(2)17-25-39)44-10-5-8-42(30-44)46-12-7-13-47(48(46)33-55)43-9-6-11-45(31-43)54-59-52(40-26-18-36(3)19-27-40)58-53(60-54)41-28-20-37(4)21-29-41/h5-31,50H,32H2,1-4H3. The molecule has 1 aliphatic heterocycles. The predicted octanol–water partition coefficient (Wildman–Crippen LogP) is 12.7. The molecule has 7 aromatic carbocycles. The Morgan fingerprint density at radius 3 is 1.42 bits per heavy atom. The highest BCUT2D eigenvalue weighted by Gasteiger charge is 2.23. The summed E-state index contributed by atoms with van der Waals surface area (Å²) in [7, 11) is 0. The number of aryl methyl sites for hydroxylation is 4. The second kappa shape index (κ2) is 16.3. The maximum Gasteiger partial charge on any atom is 0.164 e. The SMILES string of the molecule is Cc1ccc(C2=NC(c3ccc(C)cc3)=NC(c3cccc(-c4cccc(-c5cccc(-c6nc(-c7ccc(C)cc7)nc(-c7ccc(C)cc7)n6)c5)c4C#N)c3)C2)cc1. The van der Waals surface area contributed by atoms with E-state index < -0.39 is 0 Å². The van der Waals surface area contributed by atoms with Crippen molar-refractivity contribution in [2.45, 2.75) is 40.2 Å². The molecule has 1 unspecified atom stereocenters. The van der Waals surface area contributed by atoms with E-state index in [4.69, 9.17) is 24.9 Å². The summed E-state index contributed by atoms with van der Waals surface area (Å²) in [6, 6.07) is 58.4. The van der Waals surface area contributed by atoms with Crippen LogP contribution in [0.15, 0.2) is 174 Å². The van der Waals surface area contributed by atoms with Crippen LogP contribution in [0.4, 0.5) is 0 Å². The summed E-state index contributed by atoms with van der Waals surface area (Å²) < 4.78 is 0. The Hall–Kier alpha value is -7.62. The lowest BCUT2D eigenvalue weighted by Gasteiger charge is -2.22. The van der Waals surface area contributed by atoms with Crippen molar-refractivity contribution in [1.29, 1.82) is 5.26 Å². The van der Waals surface area contributed by atoms with Crippen LogP contribution >= 0.6 is 0 Å². The average Bonchev–Trinajstić information content (AvgIpc) is 3.29. The van der Waals surface area contributed by atoms with Gasteiger partial charge in [-0.25, -0.2) is 19.9 Å². The van der Waals surface area contributed by atoms with E-state index in [1.165, 1.54) is 11.1 Å². The van der Waals surface area contributed by atoms with Crippen molar-refractivity contribution in [3.8, 4) is 62.5 Å². The van der Waals surface area contributed by atoms with Crippen LogP contribution in [0.3, 0.4) is 0 Å². The highest BCUT2D eigenvalue weighted by atomic mass is 15.0. The highest BCUT2D eigenvalue weighted by Crippen LogP contribution is 2.37. The van der Waals surface area contributed by atoms with E-state index in [0.717, 1.165) is 78.3 Å². The van der Waals surface area contributed by atoms with Gasteiger partial charge in [0.15, 0.2) is 23.3 Å². The van der Waals surface area contributed by atoms with Gasteiger partial charge < -0.3 is 0 Å². The molecular formula is C54H42N6. The monoisotopic (exact) mass is 774 g/mol. The molecular weight excluding hydrogens is 733 g/mol. The lowest BCUT2D eigenvalue weighted by Crippen LogP contribution is -2.17. The maximum absolute atomic E-state index is 10.8. The molecule has 0 saturated heterocycles. The topological polar surface area (TPSA) is 87.2 Å². The Morgan fingerprint density at radius 1 is 0.450 bits per heavy atom. The Labute approximate surface area is 351 Å². The molecule has 0 spiro atoms. The van der Waals surface area contributed by atoms with Crippen molar-refractivity contribution in [2.24, 2.45) is 9.98 Å². The molecule has 1 atom stereocenters. The first kappa shape index (κ1) is 37.9. The molecule has 0 N–H and O–H groups in total. The van der Waals surface area contributed by atoms with Gasteiger partial charge in [-0.2, -0.15) is 5.26 Å². The van der Waals surface area contributed by atoms with E-state index in [-0.39, 0.29) is 6.04 Å². The number of nitrogens with zero attached hydrogens (tertiary/aromatic N) is 6.